The molecule has 2 unspecified atom stereocenters. The second-order valence-corrected chi connectivity index (χ2v) is 10.5. The van der Waals surface area contributed by atoms with Crippen molar-refractivity contribution in [2.75, 3.05) is 26.1 Å². The molecule has 5 rings (SSSR count). The molecular weight excluding hydrogens is 476 g/mol. The van der Waals surface area contributed by atoms with Crippen LogP contribution in [0.5, 0.6) is 11.5 Å². The Bertz CT molecular complexity index is 1130. The van der Waals surface area contributed by atoms with Crippen LogP contribution >= 0.6 is 23.4 Å². The summed E-state index contributed by atoms with van der Waals surface area (Å²) in [5, 5.41) is 13.4. The average Bonchev–Trinajstić information content (AvgIpc) is 3.21. The highest BCUT2D eigenvalue weighted by molar-refractivity contribution is 8.14. The average molecular weight is 499 g/mol. The number of benzene rings is 2. The molecule has 3 heterocycles. The fraction of sp³-hybridized carbons (Fsp3) is 0.381. The van der Waals surface area contributed by atoms with E-state index in [4.69, 9.17) is 30.6 Å². The van der Waals surface area contributed by atoms with Gasteiger partial charge in [-0.25, -0.2) is 0 Å². The molecule has 2 atom stereocenters. The van der Waals surface area contributed by atoms with Crippen molar-refractivity contribution >= 4 is 38.6 Å². The topological polar surface area (TPSA) is 109 Å². The van der Waals surface area contributed by atoms with E-state index < -0.39 is 15.8 Å². The van der Waals surface area contributed by atoms with E-state index >= 15 is 0 Å². The highest BCUT2D eigenvalue weighted by atomic mass is 35.5. The number of rotatable bonds is 2. The van der Waals surface area contributed by atoms with Gasteiger partial charge in [-0.3, -0.25) is 9.55 Å². The molecule has 0 bridgehead atoms. The molecule has 3 aliphatic rings. The van der Waals surface area contributed by atoms with E-state index in [0.29, 0.717) is 22.8 Å². The Morgan fingerprint density at radius 2 is 1.91 bits per heavy atom. The Kier molecular flexibility index (Phi) is 6.60. The van der Waals surface area contributed by atoms with Crippen LogP contribution in [0.2, 0.25) is 5.02 Å². The Balaban J connectivity index is 0.000000444. The van der Waals surface area contributed by atoms with Gasteiger partial charge < -0.3 is 19.5 Å². The predicted molar refractivity (Wildman–Crippen MR) is 124 cm³/mol. The normalized spacial score (nSPS) is 24.2. The summed E-state index contributed by atoms with van der Waals surface area (Å²) in [7, 11) is -3.67. The van der Waals surface area contributed by atoms with Crippen molar-refractivity contribution in [2.45, 2.75) is 23.8 Å². The van der Waals surface area contributed by atoms with Crippen molar-refractivity contribution in [3.05, 3.63) is 58.6 Å². The molecule has 0 radical (unpaired) electrons. The molecule has 0 aromatic heterocycles. The highest BCUT2D eigenvalue weighted by Gasteiger charge is 2.54. The van der Waals surface area contributed by atoms with Crippen molar-refractivity contribution < 1.29 is 27.6 Å². The zero-order valence-electron chi connectivity index (χ0n) is 17.3. The zero-order valence-corrected chi connectivity index (χ0v) is 19.7. The number of hydrogen-bond donors (Lipinski definition) is 2. The molecule has 0 saturated carbocycles. The smallest absolute Gasteiger partial charge is 0.261 e. The molecule has 3 aliphatic heterocycles. The summed E-state index contributed by atoms with van der Waals surface area (Å²) in [6, 6.07) is 13.3. The predicted octanol–water partition coefficient (Wildman–Crippen LogP) is 3.66. The highest BCUT2D eigenvalue weighted by Crippen LogP contribution is 2.56. The minimum Gasteiger partial charge on any atom is -0.454 e. The van der Waals surface area contributed by atoms with Gasteiger partial charge in [-0.15, -0.1) is 0 Å². The number of thioether (sulfide) groups is 1. The van der Waals surface area contributed by atoms with E-state index in [0.717, 1.165) is 42.2 Å². The quantitative estimate of drug-likeness (QED) is 0.604. The largest absolute Gasteiger partial charge is 0.454 e. The van der Waals surface area contributed by atoms with Crippen LogP contribution in [-0.4, -0.2) is 54.3 Å². The number of amidine groups is 1. The Morgan fingerprint density at radius 1 is 1.19 bits per heavy atom. The van der Waals surface area contributed by atoms with Gasteiger partial charge in [0.25, 0.3) is 10.1 Å². The second-order valence-electron chi connectivity index (χ2n) is 7.57. The molecule has 11 heteroatoms. The van der Waals surface area contributed by atoms with Crippen LogP contribution < -0.4 is 9.47 Å². The van der Waals surface area contributed by atoms with Crippen molar-refractivity contribution in [1.29, 1.82) is 0 Å². The monoisotopic (exact) mass is 498 g/mol. The minimum absolute atomic E-state index is 0.205. The number of fused-ring (bicyclic) bond motifs is 2. The number of nitrogens with zero attached hydrogens (tertiary/aromatic N) is 2. The van der Waals surface area contributed by atoms with Crippen LogP contribution in [0.1, 0.15) is 29.2 Å². The molecule has 0 aliphatic carbocycles. The van der Waals surface area contributed by atoms with Gasteiger partial charge in [0.2, 0.25) is 6.79 Å². The third-order valence-electron chi connectivity index (χ3n) is 5.25. The molecule has 2 aromatic rings. The first kappa shape index (κ1) is 23.2. The van der Waals surface area contributed by atoms with Gasteiger partial charge in [0, 0.05) is 23.7 Å². The summed E-state index contributed by atoms with van der Waals surface area (Å²) in [4.78, 5) is 6.75. The molecule has 8 nitrogen and oxygen atoms in total. The van der Waals surface area contributed by atoms with Gasteiger partial charge in [-0.2, -0.15) is 8.42 Å². The Hall–Kier alpha value is -1.98. The molecule has 0 spiro atoms. The summed E-state index contributed by atoms with van der Waals surface area (Å²) in [6.45, 7) is 1.74. The van der Waals surface area contributed by atoms with Crippen LogP contribution in [0.15, 0.2) is 47.5 Å². The standard InChI is InChI=1S/C20H19ClN2O3S.CH4O3S/c21-15-6-2-1-5-14(15)18-20(24,23-10-4-3-9-22-19(23)27-18)13-7-8-16-17(11-13)26-12-25-16;1-5(2,3)4/h1-2,5-8,11,18,24H,3-4,9-10,12H2;1H3,(H,2,3,4). The van der Waals surface area contributed by atoms with Gasteiger partial charge in [0.1, 0.15) is 0 Å². The van der Waals surface area contributed by atoms with E-state index in [-0.39, 0.29) is 12.0 Å². The van der Waals surface area contributed by atoms with E-state index in [2.05, 4.69) is 0 Å². The maximum atomic E-state index is 12.1. The molecule has 172 valence electrons. The lowest BCUT2D eigenvalue weighted by Crippen LogP contribution is -2.46. The van der Waals surface area contributed by atoms with E-state index in [1.54, 1.807) is 11.8 Å². The molecule has 2 aromatic carbocycles. The number of hydrogen-bond acceptors (Lipinski definition) is 8. The van der Waals surface area contributed by atoms with E-state index in [1.165, 1.54) is 0 Å². The number of aliphatic hydroxyl groups is 1. The molecule has 1 saturated heterocycles. The molecule has 32 heavy (non-hydrogen) atoms. The van der Waals surface area contributed by atoms with Crippen LogP contribution in [0.25, 0.3) is 0 Å². The van der Waals surface area contributed by atoms with E-state index in [1.807, 2.05) is 47.4 Å². The lowest BCUT2D eigenvalue weighted by atomic mass is 9.92. The number of ether oxygens (including phenoxy) is 2. The summed E-state index contributed by atoms with van der Waals surface area (Å²) in [5.74, 6) is 1.36. The van der Waals surface area contributed by atoms with Gasteiger partial charge in [-0.05, 0) is 36.6 Å². The van der Waals surface area contributed by atoms with Crippen molar-refractivity contribution in [1.82, 2.24) is 4.90 Å². The number of halogens is 1. The minimum atomic E-state index is -3.67. The first-order chi connectivity index (χ1) is 15.2. The maximum Gasteiger partial charge on any atom is 0.261 e. The summed E-state index contributed by atoms with van der Waals surface area (Å²) < 4.78 is 36.9. The second kappa shape index (κ2) is 9.11. The van der Waals surface area contributed by atoms with Crippen LogP contribution in [0, 0.1) is 0 Å². The lowest BCUT2D eigenvalue weighted by molar-refractivity contribution is -0.0712. The Labute approximate surface area is 195 Å². The lowest BCUT2D eigenvalue weighted by Gasteiger charge is -2.38. The van der Waals surface area contributed by atoms with Crippen LogP contribution in [0.4, 0.5) is 0 Å². The van der Waals surface area contributed by atoms with Gasteiger partial charge in [0.15, 0.2) is 22.4 Å². The van der Waals surface area contributed by atoms with Gasteiger partial charge in [-0.1, -0.05) is 47.6 Å². The molecule has 0 amide bonds. The first-order valence-electron chi connectivity index (χ1n) is 9.96. The summed E-state index contributed by atoms with van der Waals surface area (Å²) in [5.41, 5.74) is 0.399. The van der Waals surface area contributed by atoms with Crippen LogP contribution in [-0.2, 0) is 15.8 Å². The van der Waals surface area contributed by atoms with Crippen molar-refractivity contribution in [2.24, 2.45) is 4.99 Å². The third-order valence-corrected chi connectivity index (χ3v) is 6.98. The maximum absolute atomic E-state index is 12.1. The van der Waals surface area contributed by atoms with Gasteiger partial charge >= 0.3 is 0 Å². The van der Waals surface area contributed by atoms with Crippen molar-refractivity contribution in [3.8, 4) is 11.5 Å². The molecule has 1 fully saturated rings. The fourth-order valence-corrected chi connectivity index (χ4v) is 5.69. The summed E-state index contributed by atoms with van der Waals surface area (Å²) >= 11 is 8.09. The van der Waals surface area contributed by atoms with Crippen molar-refractivity contribution in [3.63, 3.8) is 0 Å². The van der Waals surface area contributed by atoms with Gasteiger partial charge in [0.05, 0.1) is 11.5 Å². The number of aliphatic imine (C=N–C) groups is 1. The summed E-state index contributed by atoms with van der Waals surface area (Å²) in [6.07, 6.45) is 2.72. The van der Waals surface area contributed by atoms with E-state index in [9.17, 15) is 13.5 Å². The molecule has 2 N–H and O–H groups in total. The zero-order chi connectivity index (χ0) is 22.9. The first-order valence-corrected chi connectivity index (χ1v) is 13.1. The Morgan fingerprint density at radius 3 is 2.66 bits per heavy atom. The fourth-order valence-electron chi connectivity index (χ4n) is 3.88. The molecular formula is C21H23ClN2O6S2. The third kappa shape index (κ3) is 4.69. The van der Waals surface area contributed by atoms with Crippen LogP contribution in [0.3, 0.4) is 0 Å². The SMILES string of the molecule is CS(=O)(=O)O.OC1(c2ccc3c(c2)OCO3)C(c2ccccc2Cl)SC2=NCCCCN21.